The number of halogens is 1. The Balaban J connectivity index is 0.00000264. The zero-order valence-electron chi connectivity index (χ0n) is 15.7. The van der Waals surface area contributed by atoms with E-state index in [9.17, 15) is 0 Å². The molecule has 0 aromatic rings. The summed E-state index contributed by atoms with van der Waals surface area (Å²) in [6.45, 7) is 12.8. The summed E-state index contributed by atoms with van der Waals surface area (Å²) in [6, 6.07) is 1.39. The standard InChI is InChI=1S/C18H36N4.HI/c1-14(8-10-18(2,3)4)21-17(19-5)20-12-15-9-11-22(13-15)16-6-7-16;/h14-16H,6-13H2,1-5H3,(H2,19,20,21);1H. The average Bonchev–Trinajstić information content (AvgIpc) is 3.20. The first-order valence-corrected chi connectivity index (χ1v) is 9.08. The molecule has 2 rings (SSSR count). The van der Waals surface area contributed by atoms with Crippen LogP contribution in [0.2, 0.25) is 0 Å². The van der Waals surface area contributed by atoms with Crippen molar-refractivity contribution in [3.8, 4) is 0 Å². The van der Waals surface area contributed by atoms with Gasteiger partial charge < -0.3 is 15.5 Å². The minimum atomic E-state index is 0. The van der Waals surface area contributed by atoms with Gasteiger partial charge in [0.2, 0.25) is 0 Å². The highest BCUT2D eigenvalue weighted by molar-refractivity contribution is 14.0. The molecule has 1 aliphatic carbocycles. The molecular formula is C18H37IN4. The lowest BCUT2D eigenvalue weighted by atomic mass is 9.89. The van der Waals surface area contributed by atoms with Crippen molar-refractivity contribution in [3.63, 3.8) is 0 Å². The van der Waals surface area contributed by atoms with Crippen LogP contribution in [-0.2, 0) is 0 Å². The Morgan fingerprint density at radius 3 is 2.52 bits per heavy atom. The molecular weight excluding hydrogens is 399 g/mol. The monoisotopic (exact) mass is 436 g/mol. The lowest BCUT2D eigenvalue weighted by Crippen LogP contribution is -2.44. The molecule has 2 aliphatic rings. The van der Waals surface area contributed by atoms with Gasteiger partial charge in [0.1, 0.15) is 0 Å². The Morgan fingerprint density at radius 1 is 1.26 bits per heavy atom. The van der Waals surface area contributed by atoms with Crippen molar-refractivity contribution in [2.24, 2.45) is 16.3 Å². The van der Waals surface area contributed by atoms with E-state index in [2.05, 4.69) is 48.2 Å². The van der Waals surface area contributed by atoms with Crippen molar-refractivity contribution < 1.29 is 0 Å². The van der Waals surface area contributed by atoms with Gasteiger partial charge >= 0.3 is 0 Å². The van der Waals surface area contributed by atoms with Crippen molar-refractivity contribution in [3.05, 3.63) is 0 Å². The van der Waals surface area contributed by atoms with Crippen LogP contribution in [0.25, 0.3) is 0 Å². The predicted molar refractivity (Wildman–Crippen MR) is 111 cm³/mol. The summed E-state index contributed by atoms with van der Waals surface area (Å²) < 4.78 is 0. The smallest absolute Gasteiger partial charge is 0.191 e. The summed E-state index contributed by atoms with van der Waals surface area (Å²) in [5.74, 6) is 1.75. The van der Waals surface area contributed by atoms with Crippen LogP contribution in [0, 0.1) is 11.3 Å². The maximum absolute atomic E-state index is 4.38. The molecule has 0 aromatic carbocycles. The number of nitrogens with one attached hydrogen (secondary N) is 2. The number of rotatable bonds is 6. The van der Waals surface area contributed by atoms with Crippen LogP contribution in [0.15, 0.2) is 4.99 Å². The molecule has 1 aliphatic heterocycles. The Kier molecular flexibility index (Phi) is 8.63. The lowest BCUT2D eigenvalue weighted by Gasteiger charge is -2.23. The molecule has 1 saturated heterocycles. The fraction of sp³-hybridized carbons (Fsp3) is 0.944. The van der Waals surface area contributed by atoms with Crippen molar-refractivity contribution in [1.82, 2.24) is 15.5 Å². The van der Waals surface area contributed by atoms with Gasteiger partial charge in [-0.2, -0.15) is 0 Å². The molecule has 0 bridgehead atoms. The van der Waals surface area contributed by atoms with E-state index in [1.54, 1.807) is 0 Å². The summed E-state index contributed by atoms with van der Waals surface area (Å²) >= 11 is 0. The Morgan fingerprint density at radius 2 is 1.96 bits per heavy atom. The predicted octanol–water partition coefficient (Wildman–Crippen LogP) is 3.47. The van der Waals surface area contributed by atoms with Crippen LogP contribution in [0.5, 0.6) is 0 Å². The van der Waals surface area contributed by atoms with Crippen LogP contribution in [-0.4, -0.2) is 49.6 Å². The summed E-state index contributed by atoms with van der Waals surface area (Å²) in [5.41, 5.74) is 0.406. The van der Waals surface area contributed by atoms with Crippen molar-refractivity contribution in [2.45, 2.75) is 71.9 Å². The zero-order chi connectivity index (χ0) is 16.2. The molecule has 2 N–H and O–H groups in total. The number of likely N-dealkylation sites (tertiary alicyclic amines) is 1. The first kappa shape index (κ1) is 21.0. The van der Waals surface area contributed by atoms with Gasteiger partial charge in [0.25, 0.3) is 0 Å². The number of guanidine groups is 1. The Hall–Kier alpha value is -0.0400. The largest absolute Gasteiger partial charge is 0.356 e. The minimum Gasteiger partial charge on any atom is -0.356 e. The normalized spacial score (nSPS) is 24.2. The molecule has 23 heavy (non-hydrogen) atoms. The van der Waals surface area contributed by atoms with E-state index in [4.69, 9.17) is 0 Å². The third-order valence-electron chi connectivity index (χ3n) is 4.87. The Bertz CT molecular complexity index is 374. The topological polar surface area (TPSA) is 39.7 Å². The maximum Gasteiger partial charge on any atom is 0.191 e. The fourth-order valence-electron chi connectivity index (χ4n) is 3.19. The van der Waals surface area contributed by atoms with E-state index < -0.39 is 0 Å². The number of aliphatic imine (C=N–C) groups is 1. The van der Waals surface area contributed by atoms with Gasteiger partial charge in [-0.15, -0.1) is 24.0 Å². The zero-order valence-corrected chi connectivity index (χ0v) is 18.0. The molecule has 4 nitrogen and oxygen atoms in total. The molecule has 0 radical (unpaired) electrons. The van der Waals surface area contributed by atoms with Crippen molar-refractivity contribution in [2.75, 3.05) is 26.7 Å². The molecule has 136 valence electrons. The first-order chi connectivity index (χ1) is 10.4. The van der Waals surface area contributed by atoms with E-state index in [1.807, 2.05) is 7.05 Å². The summed E-state index contributed by atoms with van der Waals surface area (Å²) in [4.78, 5) is 7.06. The molecule has 0 spiro atoms. The maximum atomic E-state index is 4.38. The van der Waals surface area contributed by atoms with E-state index in [0.29, 0.717) is 11.5 Å². The molecule has 1 saturated carbocycles. The third-order valence-corrected chi connectivity index (χ3v) is 4.87. The quantitative estimate of drug-likeness (QED) is 0.381. The van der Waals surface area contributed by atoms with Crippen molar-refractivity contribution in [1.29, 1.82) is 0 Å². The third kappa shape index (κ3) is 8.05. The van der Waals surface area contributed by atoms with Gasteiger partial charge in [-0.3, -0.25) is 4.99 Å². The molecule has 2 atom stereocenters. The highest BCUT2D eigenvalue weighted by Crippen LogP contribution is 2.31. The van der Waals surface area contributed by atoms with Gasteiger partial charge in [0, 0.05) is 32.2 Å². The SMILES string of the molecule is CN=C(NCC1CCN(C2CC2)C1)NC(C)CCC(C)(C)C.I. The number of nitrogens with zero attached hydrogens (tertiary/aromatic N) is 2. The molecule has 2 unspecified atom stereocenters. The molecule has 2 fully saturated rings. The first-order valence-electron chi connectivity index (χ1n) is 9.08. The van der Waals surface area contributed by atoms with E-state index in [1.165, 1.54) is 45.2 Å². The van der Waals surface area contributed by atoms with Gasteiger partial charge in [0.05, 0.1) is 0 Å². The highest BCUT2D eigenvalue weighted by Gasteiger charge is 2.34. The van der Waals surface area contributed by atoms with E-state index in [-0.39, 0.29) is 24.0 Å². The summed E-state index contributed by atoms with van der Waals surface area (Å²) in [6.07, 6.45) is 6.60. The van der Waals surface area contributed by atoms with Crippen LogP contribution < -0.4 is 10.6 Å². The Labute approximate surface area is 160 Å². The van der Waals surface area contributed by atoms with Crippen LogP contribution in [0.3, 0.4) is 0 Å². The molecule has 0 aromatic heterocycles. The molecule has 5 heteroatoms. The van der Waals surface area contributed by atoms with Gasteiger partial charge in [-0.25, -0.2) is 0 Å². The second kappa shape index (κ2) is 9.44. The average molecular weight is 436 g/mol. The number of hydrogen-bond donors (Lipinski definition) is 2. The van der Waals surface area contributed by atoms with E-state index in [0.717, 1.165) is 24.5 Å². The highest BCUT2D eigenvalue weighted by atomic mass is 127. The van der Waals surface area contributed by atoms with Gasteiger partial charge in [-0.05, 0) is 56.9 Å². The van der Waals surface area contributed by atoms with Gasteiger partial charge in [0.15, 0.2) is 5.96 Å². The summed E-state index contributed by atoms with van der Waals surface area (Å²) in [5, 5.41) is 7.07. The number of hydrogen-bond acceptors (Lipinski definition) is 2. The van der Waals surface area contributed by atoms with Crippen LogP contribution in [0.1, 0.15) is 59.8 Å². The molecule has 1 heterocycles. The van der Waals surface area contributed by atoms with E-state index >= 15 is 0 Å². The van der Waals surface area contributed by atoms with Gasteiger partial charge in [-0.1, -0.05) is 20.8 Å². The minimum absolute atomic E-state index is 0. The second-order valence-electron chi connectivity index (χ2n) is 8.48. The lowest BCUT2D eigenvalue weighted by molar-refractivity contribution is 0.313. The fourth-order valence-corrected chi connectivity index (χ4v) is 3.19. The molecule has 0 amide bonds. The summed E-state index contributed by atoms with van der Waals surface area (Å²) in [7, 11) is 1.87. The van der Waals surface area contributed by atoms with Crippen LogP contribution >= 0.6 is 24.0 Å². The second-order valence-corrected chi connectivity index (χ2v) is 8.48. The van der Waals surface area contributed by atoms with Crippen LogP contribution in [0.4, 0.5) is 0 Å². The van der Waals surface area contributed by atoms with Crippen molar-refractivity contribution >= 4 is 29.9 Å².